The zero-order valence-electron chi connectivity index (χ0n) is 18.8. The van der Waals surface area contributed by atoms with Crippen LogP contribution in [0.1, 0.15) is 52.2 Å². The van der Waals surface area contributed by atoms with Crippen molar-refractivity contribution in [2.75, 3.05) is 13.4 Å². The molecule has 5 rings (SSSR count). The molecule has 7 heteroatoms. The van der Waals surface area contributed by atoms with E-state index < -0.39 is 0 Å². The molecule has 1 aromatic heterocycles. The Balaban J connectivity index is 1.25. The Morgan fingerprint density at radius 2 is 1.91 bits per heavy atom. The molecule has 2 aromatic carbocycles. The number of benzene rings is 2. The van der Waals surface area contributed by atoms with E-state index in [1.54, 1.807) is 17.4 Å². The predicted molar refractivity (Wildman–Crippen MR) is 127 cm³/mol. The van der Waals surface area contributed by atoms with Crippen LogP contribution in [-0.4, -0.2) is 35.2 Å². The first kappa shape index (κ1) is 21.8. The summed E-state index contributed by atoms with van der Waals surface area (Å²) in [6.45, 7) is 3.44. The van der Waals surface area contributed by atoms with Crippen molar-refractivity contribution in [1.82, 2.24) is 9.88 Å². The van der Waals surface area contributed by atoms with E-state index in [2.05, 4.69) is 17.1 Å². The van der Waals surface area contributed by atoms with Crippen LogP contribution in [0.3, 0.4) is 0 Å². The highest BCUT2D eigenvalue weighted by Crippen LogP contribution is 2.34. The number of thiazole rings is 1. The van der Waals surface area contributed by atoms with Crippen LogP contribution in [0.2, 0.25) is 0 Å². The van der Waals surface area contributed by atoms with Crippen LogP contribution in [0.4, 0.5) is 0 Å². The van der Waals surface area contributed by atoms with Gasteiger partial charge in [-0.05, 0) is 55.7 Å². The van der Waals surface area contributed by atoms with Crippen molar-refractivity contribution in [2.45, 2.75) is 51.6 Å². The van der Waals surface area contributed by atoms with Gasteiger partial charge in [-0.1, -0.05) is 25.0 Å². The Bertz CT molecular complexity index is 1110. The van der Waals surface area contributed by atoms with Crippen LogP contribution in [0.5, 0.6) is 17.2 Å². The molecule has 172 valence electrons. The molecule has 2 heterocycles. The highest BCUT2D eigenvalue weighted by Gasteiger charge is 2.28. The van der Waals surface area contributed by atoms with Crippen molar-refractivity contribution >= 4 is 17.2 Å². The van der Waals surface area contributed by atoms with Crippen molar-refractivity contribution in [1.29, 1.82) is 0 Å². The summed E-state index contributed by atoms with van der Waals surface area (Å²) in [5.74, 6) is 2.22. The van der Waals surface area contributed by atoms with Crippen molar-refractivity contribution in [2.24, 2.45) is 0 Å². The maximum Gasteiger partial charge on any atom is 0.254 e. The number of carbonyl (C=O) groups excluding carboxylic acids is 1. The van der Waals surface area contributed by atoms with Gasteiger partial charge < -0.3 is 19.1 Å². The van der Waals surface area contributed by atoms with E-state index >= 15 is 0 Å². The highest BCUT2D eigenvalue weighted by atomic mass is 32.1. The van der Waals surface area contributed by atoms with Gasteiger partial charge in [-0.25, -0.2) is 4.98 Å². The van der Waals surface area contributed by atoms with Gasteiger partial charge in [0.25, 0.3) is 5.91 Å². The molecular weight excluding hydrogens is 436 g/mol. The summed E-state index contributed by atoms with van der Waals surface area (Å²) < 4.78 is 16.8. The Kier molecular flexibility index (Phi) is 6.48. The maximum atomic E-state index is 13.5. The fourth-order valence-corrected chi connectivity index (χ4v) is 5.26. The smallest absolute Gasteiger partial charge is 0.254 e. The van der Waals surface area contributed by atoms with Crippen LogP contribution in [-0.2, 0) is 13.0 Å². The molecule has 0 bridgehead atoms. The summed E-state index contributed by atoms with van der Waals surface area (Å²) in [5.41, 5.74) is 4.70. The van der Waals surface area contributed by atoms with E-state index in [4.69, 9.17) is 14.2 Å². The predicted octanol–water partition coefficient (Wildman–Crippen LogP) is 5.39. The largest absolute Gasteiger partial charge is 0.493 e. The third-order valence-electron chi connectivity index (χ3n) is 6.36. The molecule has 1 amide bonds. The average Bonchev–Trinajstić information content (AvgIpc) is 3.60. The summed E-state index contributed by atoms with van der Waals surface area (Å²) >= 11 is 1.67. The van der Waals surface area contributed by atoms with Gasteiger partial charge >= 0.3 is 0 Å². The van der Waals surface area contributed by atoms with Gasteiger partial charge in [0.1, 0.15) is 5.75 Å². The molecule has 6 nitrogen and oxygen atoms in total. The van der Waals surface area contributed by atoms with Gasteiger partial charge in [0.2, 0.25) is 6.79 Å². The first-order valence-electron chi connectivity index (χ1n) is 11.5. The van der Waals surface area contributed by atoms with Gasteiger partial charge in [0.05, 0.1) is 17.8 Å². The van der Waals surface area contributed by atoms with E-state index in [1.807, 2.05) is 41.6 Å². The number of hydrogen-bond donors (Lipinski definition) is 0. The second-order valence-corrected chi connectivity index (χ2v) is 9.48. The van der Waals surface area contributed by atoms with Crippen LogP contribution >= 0.6 is 11.3 Å². The molecule has 0 radical (unpaired) electrons. The number of nitrogens with zero attached hydrogens (tertiary/aromatic N) is 2. The van der Waals surface area contributed by atoms with Gasteiger partial charge in [-0.3, -0.25) is 4.79 Å². The Morgan fingerprint density at radius 3 is 2.67 bits per heavy atom. The van der Waals surface area contributed by atoms with Crippen LogP contribution in [0, 0.1) is 6.92 Å². The Morgan fingerprint density at radius 1 is 1.12 bits per heavy atom. The minimum atomic E-state index is 0.0421. The molecular formula is C26H28N2O4S. The molecule has 0 atom stereocenters. The third-order valence-corrected chi connectivity index (χ3v) is 7.36. The standard InChI is InChI=1S/C26H28N2O4S/c1-18-25(33-16-27-18)12-13-30-22-9-6-19(7-10-22)15-28(21-4-2-3-5-21)26(29)20-8-11-23-24(14-20)32-17-31-23/h6-11,14,16,21H,2-5,12-13,15,17H2,1H3. The lowest BCUT2D eigenvalue weighted by Crippen LogP contribution is -2.38. The van der Waals surface area contributed by atoms with Crippen molar-refractivity contribution in [3.05, 3.63) is 69.7 Å². The maximum absolute atomic E-state index is 13.5. The van der Waals surface area contributed by atoms with Crippen molar-refractivity contribution < 1.29 is 19.0 Å². The average molecular weight is 465 g/mol. The summed E-state index contributed by atoms with van der Waals surface area (Å²) in [7, 11) is 0. The van der Waals surface area contributed by atoms with Gasteiger partial charge in [-0.15, -0.1) is 11.3 Å². The minimum Gasteiger partial charge on any atom is -0.493 e. The Hall–Kier alpha value is -3.06. The van der Waals surface area contributed by atoms with E-state index in [-0.39, 0.29) is 18.7 Å². The number of ether oxygens (including phenoxy) is 3. The van der Waals surface area contributed by atoms with Gasteiger partial charge in [-0.2, -0.15) is 0 Å². The van der Waals surface area contributed by atoms with Crippen molar-refractivity contribution in [3.63, 3.8) is 0 Å². The van der Waals surface area contributed by atoms with E-state index in [0.717, 1.165) is 36.3 Å². The van der Waals surface area contributed by atoms with Crippen LogP contribution in [0.15, 0.2) is 48.0 Å². The number of carbonyl (C=O) groups is 1. The monoisotopic (exact) mass is 464 g/mol. The lowest BCUT2D eigenvalue weighted by molar-refractivity contribution is 0.0664. The quantitative estimate of drug-likeness (QED) is 0.448. The Labute approximate surface area is 198 Å². The van der Waals surface area contributed by atoms with Crippen LogP contribution in [0.25, 0.3) is 0 Å². The normalized spacial score (nSPS) is 15.1. The van der Waals surface area contributed by atoms with Crippen molar-refractivity contribution in [3.8, 4) is 17.2 Å². The summed E-state index contributed by atoms with van der Waals surface area (Å²) in [6.07, 6.45) is 5.30. The molecule has 2 aliphatic rings. The number of hydrogen-bond acceptors (Lipinski definition) is 6. The first-order valence-corrected chi connectivity index (χ1v) is 12.4. The van der Waals surface area contributed by atoms with E-state index in [1.165, 1.54) is 17.7 Å². The lowest BCUT2D eigenvalue weighted by atomic mass is 10.1. The van der Waals surface area contributed by atoms with Crippen LogP contribution < -0.4 is 14.2 Å². The minimum absolute atomic E-state index is 0.0421. The van der Waals surface area contributed by atoms with Gasteiger partial charge in [0.15, 0.2) is 11.5 Å². The third kappa shape index (κ3) is 4.98. The number of fused-ring (bicyclic) bond motifs is 1. The first-order chi connectivity index (χ1) is 16.2. The molecule has 1 aliphatic heterocycles. The molecule has 1 aliphatic carbocycles. The molecule has 0 N–H and O–H groups in total. The molecule has 33 heavy (non-hydrogen) atoms. The molecule has 1 saturated carbocycles. The highest BCUT2D eigenvalue weighted by molar-refractivity contribution is 7.09. The fraction of sp³-hybridized carbons (Fsp3) is 0.385. The summed E-state index contributed by atoms with van der Waals surface area (Å²) in [5, 5.41) is 0. The van der Waals surface area contributed by atoms with E-state index in [0.29, 0.717) is 30.2 Å². The second kappa shape index (κ2) is 9.83. The summed E-state index contributed by atoms with van der Waals surface area (Å²) in [6, 6.07) is 13.8. The summed E-state index contributed by atoms with van der Waals surface area (Å²) in [4.78, 5) is 21.1. The second-order valence-electron chi connectivity index (χ2n) is 8.54. The van der Waals surface area contributed by atoms with E-state index in [9.17, 15) is 4.79 Å². The number of aryl methyl sites for hydroxylation is 1. The molecule has 3 aromatic rings. The lowest BCUT2D eigenvalue weighted by Gasteiger charge is -2.29. The van der Waals surface area contributed by atoms with Gasteiger partial charge in [0, 0.05) is 29.4 Å². The number of rotatable bonds is 8. The molecule has 1 fully saturated rings. The molecule has 0 spiro atoms. The zero-order valence-corrected chi connectivity index (χ0v) is 19.6. The number of aromatic nitrogens is 1. The fourth-order valence-electron chi connectivity index (χ4n) is 4.49. The molecule has 0 saturated heterocycles. The number of amides is 1. The molecule has 0 unspecified atom stereocenters. The zero-order chi connectivity index (χ0) is 22.6. The SMILES string of the molecule is Cc1ncsc1CCOc1ccc(CN(C(=O)c2ccc3c(c2)OCO3)C2CCCC2)cc1. The topological polar surface area (TPSA) is 60.9 Å².